The summed E-state index contributed by atoms with van der Waals surface area (Å²) in [4.78, 5) is 24.6. The van der Waals surface area contributed by atoms with Gasteiger partial charge in [-0.3, -0.25) is 4.79 Å². The second-order valence-corrected chi connectivity index (χ2v) is 9.12. The molecule has 0 N–H and O–H groups in total. The largest absolute Gasteiger partial charge is 0.485 e. The summed E-state index contributed by atoms with van der Waals surface area (Å²) in [5, 5.41) is 0. The van der Waals surface area contributed by atoms with Gasteiger partial charge in [0, 0.05) is 11.1 Å². The first-order chi connectivity index (χ1) is 15.8. The third-order valence-electron chi connectivity index (χ3n) is 5.72. The van der Waals surface area contributed by atoms with Crippen LogP contribution in [0.25, 0.3) is 20.9 Å². The van der Waals surface area contributed by atoms with E-state index in [1.807, 2.05) is 52.0 Å². The Balaban J connectivity index is 1.88. The minimum Gasteiger partial charge on any atom is -0.485 e. The number of benzene rings is 2. The average Bonchev–Trinajstić information content (AvgIpc) is 3.15. The van der Waals surface area contributed by atoms with Crippen molar-refractivity contribution in [2.45, 2.75) is 34.3 Å². The number of thiophene rings is 1. The summed E-state index contributed by atoms with van der Waals surface area (Å²) in [5.74, 6) is 1.14. The topological polar surface area (TPSA) is 71.1 Å². The molecule has 0 spiro atoms. The van der Waals surface area contributed by atoms with Crippen LogP contribution in [0.5, 0.6) is 11.5 Å². The highest BCUT2D eigenvalue weighted by Crippen LogP contribution is 2.55. The Morgan fingerprint density at radius 1 is 0.909 bits per heavy atom. The number of rotatable bonds is 6. The van der Waals surface area contributed by atoms with Crippen LogP contribution >= 0.6 is 11.3 Å². The van der Waals surface area contributed by atoms with Gasteiger partial charge in [0.05, 0.1) is 22.4 Å². The monoisotopic (exact) mass is 466 g/mol. The Kier molecular flexibility index (Phi) is 6.42. The van der Waals surface area contributed by atoms with Crippen molar-refractivity contribution in [1.82, 2.24) is 0 Å². The predicted molar refractivity (Wildman–Crippen MR) is 127 cm³/mol. The zero-order chi connectivity index (χ0) is 23.7. The molecule has 0 fully saturated rings. The molecule has 33 heavy (non-hydrogen) atoms. The van der Waals surface area contributed by atoms with Gasteiger partial charge in [-0.25, -0.2) is 4.79 Å². The van der Waals surface area contributed by atoms with Crippen LogP contribution in [0.2, 0.25) is 0 Å². The molecule has 0 aliphatic carbocycles. The highest BCUT2D eigenvalue weighted by atomic mass is 32.1. The maximum absolute atomic E-state index is 12.1. The molecule has 0 radical (unpaired) electrons. The molecule has 0 bridgehead atoms. The van der Waals surface area contributed by atoms with Crippen molar-refractivity contribution in [3.05, 3.63) is 57.6 Å². The fourth-order valence-electron chi connectivity index (χ4n) is 4.46. The molecule has 2 aromatic carbocycles. The van der Waals surface area contributed by atoms with Crippen molar-refractivity contribution < 1.29 is 28.5 Å². The summed E-state index contributed by atoms with van der Waals surface area (Å²) in [5.41, 5.74) is 7.66. The second-order valence-electron chi connectivity index (χ2n) is 8.10. The lowest BCUT2D eigenvalue weighted by Crippen LogP contribution is -2.15. The van der Waals surface area contributed by atoms with Crippen molar-refractivity contribution in [2.75, 3.05) is 20.3 Å². The number of esters is 1. The lowest BCUT2D eigenvalue weighted by Gasteiger charge is -2.19. The Morgan fingerprint density at radius 3 is 1.85 bits per heavy atom. The first-order valence-electron chi connectivity index (χ1n) is 10.6. The van der Waals surface area contributed by atoms with Gasteiger partial charge in [-0.2, -0.15) is 0 Å². The Hall–Kier alpha value is -3.32. The molecule has 1 aliphatic rings. The van der Waals surface area contributed by atoms with Crippen LogP contribution in [0.3, 0.4) is 0 Å². The molecule has 6 nitrogen and oxygen atoms in total. The molecule has 0 unspecified atom stereocenters. The molecule has 0 amide bonds. The molecule has 0 saturated carbocycles. The van der Waals surface area contributed by atoms with Crippen molar-refractivity contribution >= 4 is 23.8 Å². The van der Waals surface area contributed by atoms with Crippen molar-refractivity contribution in [3.63, 3.8) is 0 Å². The summed E-state index contributed by atoms with van der Waals surface area (Å²) in [6.07, 6.45) is 0. The number of aryl methyl sites for hydroxylation is 4. The summed E-state index contributed by atoms with van der Waals surface area (Å²) in [6.45, 7) is 9.73. The van der Waals surface area contributed by atoms with Crippen LogP contribution in [-0.2, 0) is 20.9 Å². The van der Waals surface area contributed by atoms with Crippen molar-refractivity contribution in [2.24, 2.45) is 0 Å². The summed E-state index contributed by atoms with van der Waals surface area (Å²) >= 11 is 1.63. The van der Waals surface area contributed by atoms with Crippen molar-refractivity contribution in [3.8, 4) is 32.4 Å². The van der Waals surface area contributed by atoms with Crippen LogP contribution in [-0.4, -0.2) is 32.8 Å². The number of hydrogen-bond donors (Lipinski definition) is 0. The Bertz CT molecular complexity index is 1190. The van der Waals surface area contributed by atoms with E-state index >= 15 is 0 Å². The summed E-state index contributed by atoms with van der Waals surface area (Å²) in [7, 11) is 1.38. The van der Waals surface area contributed by atoms with E-state index in [0.717, 1.165) is 60.2 Å². The highest BCUT2D eigenvalue weighted by Gasteiger charge is 2.29. The number of fused-ring (bicyclic) bond motifs is 1. The predicted octanol–water partition coefficient (Wildman–Crippen LogP) is 5.55. The molecule has 2 heterocycles. The lowest BCUT2D eigenvalue weighted by molar-refractivity contribution is -0.129. The molecule has 4 rings (SSSR count). The normalized spacial score (nSPS) is 12.4. The molecule has 7 heteroatoms. The third kappa shape index (κ3) is 4.20. The fourth-order valence-corrected chi connectivity index (χ4v) is 6.00. The SMILES string of the molecule is COC(=O)c1cc(C)c(-c2sc(-c3c(C)cc(COC=O)cc3C)c3c2OCCO3)c(C)c1. The quantitative estimate of drug-likeness (QED) is 0.351. The first kappa shape index (κ1) is 22.9. The zero-order valence-corrected chi connectivity index (χ0v) is 20.2. The van der Waals surface area contributed by atoms with E-state index in [-0.39, 0.29) is 12.6 Å². The van der Waals surface area contributed by atoms with E-state index < -0.39 is 0 Å². The van der Waals surface area contributed by atoms with E-state index in [1.54, 1.807) is 11.3 Å². The maximum Gasteiger partial charge on any atom is 0.337 e. The fraction of sp³-hybridized carbons (Fsp3) is 0.308. The van der Waals surface area contributed by atoms with E-state index in [0.29, 0.717) is 25.2 Å². The molecule has 1 aromatic heterocycles. The van der Waals surface area contributed by atoms with E-state index in [9.17, 15) is 9.59 Å². The minimum atomic E-state index is -0.355. The van der Waals surface area contributed by atoms with Gasteiger partial charge in [-0.1, -0.05) is 12.1 Å². The number of methoxy groups -OCH3 is 1. The minimum absolute atomic E-state index is 0.240. The molecule has 172 valence electrons. The molecule has 0 atom stereocenters. The van der Waals surface area contributed by atoms with Gasteiger partial charge >= 0.3 is 5.97 Å². The van der Waals surface area contributed by atoms with Crippen LogP contribution in [0.1, 0.15) is 38.2 Å². The van der Waals surface area contributed by atoms with Crippen LogP contribution in [0.15, 0.2) is 24.3 Å². The Morgan fingerprint density at radius 2 is 1.39 bits per heavy atom. The van der Waals surface area contributed by atoms with Gasteiger partial charge < -0.3 is 18.9 Å². The third-order valence-corrected chi connectivity index (χ3v) is 6.90. The molecular formula is C26H26O6S. The first-order valence-corrected chi connectivity index (χ1v) is 11.4. The van der Waals surface area contributed by atoms with E-state index in [1.165, 1.54) is 7.11 Å². The second kappa shape index (κ2) is 9.27. The lowest BCUT2D eigenvalue weighted by atomic mass is 9.96. The van der Waals surface area contributed by atoms with Gasteiger partial charge in [0.15, 0.2) is 11.5 Å². The number of ether oxygens (including phenoxy) is 4. The van der Waals surface area contributed by atoms with E-state index in [4.69, 9.17) is 18.9 Å². The van der Waals surface area contributed by atoms with Gasteiger partial charge in [-0.15, -0.1) is 11.3 Å². The van der Waals surface area contributed by atoms with Gasteiger partial charge in [0.1, 0.15) is 19.8 Å². The maximum atomic E-state index is 12.1. The summed E-state index contributed by atoms with van der Waals surface area (Å²) < 4.78 is 22.1. The zero-order valence-electron chi connectivity index (χ0n) is 19.4. The van der Waals surface area contributed by atoms with E-state index in [2.05, 4.69) is 0 Å². The van der Waals surface area contributed by atoms with Crippen LogP contribution in [0.4, 0.5) is 0 Å². The number of carbonyl (C=O) groups is 2. The molecular weight excluding hydrogens is 440 g/mol. The van der Waals surface area contributed by atoms with Gasteiger partial charge in [-0.05, 0) is 67.6 Å². The van der Waals surface area contributed by atoms with Crippen LogP contribution < -0.4 is 9.47 Å². The number of carbonyl (C=O) groups excluding carboxylic acids is 2. The average molecular weight is 467 g/mol. The van der Waals surface area contributed by atoms with Crippen LogP contribution in [0, 0.1) is 27.7 Å². The number of hydrogen-bond acceptors (Lipinski definition) is 7. The Labute approximate surface area is 197 Å². The molecule has 1 aliphatic heterocycles. The van der Waals surface area contributed by atoms with Crippen molar-refractivity contribution in [1.29, 1.82) is 0 Å². The molecule has 3 aromatic rings. The highest BCUT2D eigenvalue weighted by molar-refractivity contribution is 7.19. The summed E-state index contributed by atoms with van der Waals surface area (Å²) in [6, 6.07) is 7.76. The van der Waals surface area contributed by atoms with Gasteiger partial charge in [0.25, 0.3) is 6.47 Å². The molecule has 0 saturated heterocycles. The van der Waals surface area contributed by atoms with Gasteiger partial charge in [0.2, 0.25) is 0 Å². The smallest absolute Gasteiger partial charge is 0.337 e. The standard InChI is InChI=1S/C26H26O6S/c1-14-8-18(12-30-13-27)9-15(2)20(14)24-22-23(32-7-6-31-22)25(33-24)21-16(3)10-19(11-17(21)4)26(28)29-5/h8-11,13H,6-7,12H2,1-5H3.